The topological polar surface area (TPSA) is 69.4 Å². The third-order valence-electron chi connectivity index (χ3n) is 3.59. The molecule has 1 aromatic carbocycles. The predicted molar refractivity (Wildman–Crippen MR) is 77.1 cm³/mol. The second kappa shape index (κ2) is 6.24. The van der Waals surface area contributed by atoms with E-state index in [1.165, 1.54) is 0 Å². The fourth-order valence-corrected chi connectivity index (χ4v) is 2.49. The molecule has 1 N–H and O–H groups in total. The lowest BCUT2D eigenvalue weighted by molar-refractivity contribution is 0.116. The molecule has 1 saturated heterocycles. The van der Waals surface area contributed by atoms with Gasteiger partial charge in [-0.25, -0.2) is 0 Å². The number of benzene rings is 1. The molecule has 0 spiro atoms. The molecule has 1 fully saturated rings. The minimum atomic E-state index is 0.0513. The summed E-state index contributed by atoms with van der Waals surface area (Å²) in [6.07, 6.45) is 1.03. The molecule has 2 unspecified atom stereocenters. The molecule has 0 bridgehead atoms. The first kappa shape index (κ1) is 14.0. The monoisotopic (exact) mass is 289 g/mol. The van der Waals surface area contributed by atoms with Crippen LogP contribution >= 0.6 is 0 Å². The molecule has 6 nitrogen and oxygen atoms in total. The van der Waals surface area contributed by atoms with Crippen LogP contribution in [0.2, 0.25) is 0 Å². The normalized spacial score (nSPS) is 21.6. The average molecular weight is 289 g/mol. The number of methoxy groups -OCH3 is 1. The largest absolute Gasteiger partial charge is 0.493 e. The summed E-state index contributed by atoms with van der Waals surface area (Å²) in [7, 11) is 1.71. The Morgan fingerprint density at radius 3 is 3.00 bits per heavy atom. The van der Waals surface area contributed by atoms with Crippen molar-refractivity contribution in [1.29, 1.82) is 0 Å². The second-order valence-electron chi connectivity index (χ2n) is 4.94. The first-order valence-electron chi connectivity index (χ1n) is 7.13. The minimum Gasteiger partial charge on any atom is -0.493 e. The van der Waals surface area contributed by atoms with E-state index in [9.17, 15) is 0 Å². The van der Waals surface area contributed by atoms with Gasteiger partial charge in [0.25, 0.3) is 0 Å². The Labute approximate surface area is 123 Å². The van der Waals surface area contributed by atoms with Crippen LogP contribution in [0.15, 0.2) is 28.8 Å². The van der Waals surface area contributed by atoms with Gasteiger partial charge in [0.2, 0.25) is 11.7 Å². The zero-order valence-electron chi connectivity index (χ0n) is 12.2. The number of hydrogen-bond acceptors (Lipinski definition) is 6. The van der Waals surface area contributed by atoms with Crippen molar-refractivity contribution in [3.8, 4) is 17.1 Å². The highest BCUT2D eigenvalue weighted by Gasteiger charge is 2.29. The van der Waals surface area contributed by atoms with Gasteiger partial charge >= 0.3 is 0 Å². The van der Waals surface area contributed by atoms with E-state index in [1.54, 1.807) is 7.11 Å². The fraction of sp³-hybridized carbons (Fsp3) is 0.467. The third-order valence-corrected chi connectivity index (χ3v) is 3.59. The Balaban J connectivity index is 1.82. The molecular formula is C15H19N3O3. The quantitative estimate of drug-likeness (QED) is 0.910. The zero-order valence-corrected chi connectivity index (χ0v) is 12.2. The van der Waals surface area contributed by atoms with Gasteiger partial charge in [0.05, 0.1) is 24.3 Å². The molecule has 2 heterocycles. The van der Waals surface area contributed by atoms with Crippen LogP contribution in [0.5, 0.6) is 5.75 Å². The van der Waals surface area contributed by atoms with Gasteiger partial charge in [0.1, 0.15) is 5.75 Å². The average Bonchev–Trinajstić information content (AvgIpc) is 3.17. The fourth-order valence-electron chi connectivity index (χ4n) is 2.49. The molecule has 1 aliphatic rings. The summed E-state index contributed by atoms with van der Waals surface area (Å²) < 4.78 is 16.3. The summed E-state index contributed by atoms with van der Waals surface area (Å²) in [5.41, 5.74) is 0.843. The summed E-state index contributed by atoms with van der Waals surface area (Å²) in [5, 5.41) is 7.40. The number of hydrogen-bond donors (Lipinski definition) is 1. The van der Waals surface area contributed by atoms with Gasteiger partial charge in [-0.05, 0) is 25.5 Å². The van der Waals surface area contributed by atoms with Crippen LogP contribution in [0.1, 0.15) is 25.3 Å². The lowest BCUT2D eigenvalue weighted by Gasteiger charge is -2.06. The van der Waals surface area contributed by atoms with Gasteiger partial charge in [-0.1, -0.05) is 17.3 Å². The Hall–Kier alpha value is -1.92. The first-order valence-corrected chi connectivity index (χ1v) is 7.13. The number of rotatable bonds is 5. The number of para-hydroxylation sites is 1. The van der Waals surface area contributed by atoms with Gasteiger partial charge in [-0.3, -0.25) is 0 Å². The highest BCUT2D eigenvalue weighted by molar-refractivity contribution is 5.63. The van der Waals surface area contributed by atoms with Gasteiger partial charge in [0.15, 0.2) is 0 Å². The Morgan fingerprint density at radius 2 is 2.24 bits per heavy atom. The van der Waals surface area contributed by atoms with Gasteiger partial charge in [0, 0.05) is 13.7 Å². The van der Waals surface area contributed by atoms with Crippen LogP contribution < -0.4 is 10.1 Å². The van der Waals surface area contributed by atoms with E-state index >= 15 is 0 Å². The van der Waals surface area contributed by atoms with Crippen LogP contribution in [-0.2, 0) is 4.74 Å². The molecule has 112 valence electrons. The van der Waals surface area contributed by atoms with Crippen molar-refractivity contribution in [3.05, 3.63) is 30.2 Å². The highest BCUT2D eigenvalue weighted by Crippen LogP contribution is 2.30. The Morgan fingerprint density at radius 1 is 1.38 bits per heavy atom. The molecule has 0 radical (unpaired) electrons. The van der Waals surface area contributed by atoms with Crippen LogP contribution in [0.4, 0.5) is 0 Å². The van der Waals surface area contributed by atoms with E-state index < -0.39 is 0 Å². The zero-order chi connectivity index (χ0) is 14.7. The Kier molecular flexibility index (Phi) is 4.17. The van der Waals surface area contributed by atoms with Crippen LogP contribution in [0.25, 0.3) is 11.4 Å². The maximum Gasteiger partial charge on any atom is 0.244 e. The van der Waals surface area contributed by atoms with Crippen LogP contribution in [-0.4, -0.2) is 36.5 Å². The molecule has 0 amide bonds. The maximum atomic E-state index is 5.60. The molecule has 2 atom stereocenters. The van der Waals surface area contributed by atoms with Crippen LogP contribution in [0, 0.1) is 0 Å². The van der Waals surface area contributed by atoms with E-state index in [1.807, 2.05) is 31.2 Å². The van der Waals surface area contributed by atoms with E-state index in [4.69, 9.17) is 14.0 Å². The number of nitrogens with zero attached hydrogens (tertiary/aromatic N) is 2. The Bertz CT molecular complexity index is 599. The summed E-state index contributed by atoms with van der Waals surface area (Å²) in [6, 6.07) is 7.75. The molecule has 1 aliphatic heterocycles. The van der Waals surface area contributed by atoms with Crippen molar-refractivity contribution in [3.63, 3.8) is 0 Å². The SMILES string of the molecule is CCOc1ccccc1-c1noc(C2CC(OC)CN2)n1. The molecule has 0 aliphatic carbocycles. The molecule has 21 heavy (non-hydrogen) atoms. The molecule has 3 rings (SSSR count). The number of ether oxygens (including phenoxy) is 2. The van der Waals surface area contributed by atoms with E-state index in [2.05, 4.69) is 15.5 Å². The second-order valence-corrected chi connectivity index (χ2v) is 4.94. The predicted octanol–water partition coefficient (Wildman–Crippen LogP) is 2.18. The standard InChI is InChI=1S/C15H19N3O3/c1-3-20-13-7-5-4-6-11(13)14-17-15(21-18-14)12-8-10(19-2)9-16-12/h4-7,10,12,16H,3,8-9H2,1-2H3. The molecule has 1 aromatic heterocycles. The lowest BCUT2D eigenvalue weighted by Crippen LogP contribution is -2.16. The van der Waals surface area contributed by atoms with Crippen molar-refractivity contribution < 1.29 is 14.0 Å². The first-order chi connectivity index (χ1) is 10.3. The summed E-state index contributed by atoms with van der Waals surface area (Å²) in [5.74, 6) is 1.91. The van der Waals surface area contributed by atoms with Crippen molar-refractivity contribution in [2.75, 3.05) is 20.3 Å². The van der Waals surface area contributed by atoms with E-state index in [0.717, 1.165) is 24.3 Å². The van der Waals surface area contributed by atoms with E-state index in [0.29, 0.717) is 18.3 Å². The van der Waals surface area contributed by atoms with E-state index in [-0.39, 0.29) is 12.1 Å². The smallest absolute Gasteiger partial charge is 0.244 e. The van der Waals surface area contributed by atoms with Gasteiger partial charge in [-0.15, -0.1) is 0 Å². The molecule has 6 heteroatoms. The number of aromatic nitrogens is 2. The van der Waals surface area contributed by atoms with Gasteiger partial charge in [-0.2, -0.15) is 4.98 Å². The lowest BCUT2D eigenvalue weighted by atomic mass is 10.2. The van der Waals surface area contributed by atoms with Crippen molar-refractivity contribution >= 4 is 0 Å². The third kappa shape index (κ3) is 2.91. The minimum absolute atomic E-state index is 0.0513. The maximum absolute atomic E-state index is 5.60. The summed E-state index contributed by atoms with van der Waals surface area (Å²) in [6.45, 7) is 3.35. The molecule has 2 aromatic rings. The highest BCUT2D eigenvalue weighted by atomic mass is 16.5. The van der Waals surface area contributed by atoms with Crippen molar-refractivity contribution in [1.82, 2.24) is 15.5 Å². The van der Waals surface area contributed by atoms with Crippen molar-refractivity contribution in [2.45, 2.75) is 25.5 Å². The summed E-state index contributed by atoms with van der Waals surface area (Å²) in [4.78, 5) is 4.50. The summed E-state index contributed by atoms with van der Waals surface area (Å²) >= 11 is 0. The molecular weight excluding hydrogens is 270 g/mol. The number of nitrogens with one attached hydrogen (secondary N) is 1. The van der Waals surface area contributed by atoms with Gasteiger partial charge < -0.3 is 19.3 Å². The van der Waals surface area contributed by atoms with Crippen molar-refractivity contribution in [2.24, 2.45) is 0 Å². The molecule has 0 saturated carbocycles. The van der Waals surface area contributed by atoms with Crippen LogP contribution in [0.3, 0.4) is 0 Å².